The van der Waals surface area contributed by atoms with Gasteiger partial charge in [0.15, 0.2) is 16.5 Å². The zero-order chi connectivity index (χ0) is 14.3. The maximum absolute atomic E-state index is 11.5. The Labute approximate surface area is 118 Å². The van der Waals surface area contributed by atoms with Crippen LogP contribution in [-0.4, -0.2) is 37.1 Å². The molecule has 3 aromatic rings. The van der Waals surface area contributed by atoms with E-state index in [0.717, 1.165) is 5.82 Å². The van der Waals surface area contributed by atoms with Crippen LogP contribution in [0.15, 0.2) is 24.0 Å². The summed E-state index contributed by atoms with van der Waals surface area (Å²) in [6.07, 6.45) is 5.29. The van der Waals surface area contributed by atoms with Crippen LogP contribution in [-0.2, 0) is 13.6 Å². The Bertz CT molecular complexity index is 772. The summed E-state index contributed by atoms with van der Waals surface area (Å²) in [4.78, 5) is 22.6. The van der Waals surface area contributed by atoms with Crippen molar-refractivity contribution in [3.8, 4) is 0 Å². The zero-order valence-corrected chi connectivity index (χ0v) is 11.8. The third kappa shape index (κ3) is 1.94. The molecule has 104 valence electrons. The van der Waals surface area contributed by atoms with Crippen molar-refractivity contribution in [2.24, 2.45) is 7.05 Å². The molecule has 3 heterocycles. The summed E-state index contributed by atoms with van der Waals surface area (Å²) < 4.78 is 3.49. The third-order valence-electron chi connectivity index (χ3n) is 3.11. The van der Waals surface area contributed by atoms with E-state index in [1.54, 1.807) is 21.7 Å². The van der Waals surface area contributed by atoms with Crippen LogP contribution in [0.5, 0.6) is 0 Å². The molecule has 20 heavy (non-hydrogen) atoms. The van der Waals surface area contributed by atoms with Gasteiger partial charge in [-0.1, -0.05) is 0 Å². The molecule has 0 radical (unpaired) electrons. The number of fused-ring (bicyclic) bond motifs is 1. The molecule has 0 bridgehead atoms. The molecule has 3 aromatic heterocycles. The lowest BCUT2D eigenvalue weighted by Gasteiger charge is -2.16. The predicted octanol–water partition coefficient (Wildman–Crippen LogP) is 1.46. The molecule has 0 spiro atoms. The van der Waals surface area contributed by atoms with Crippen LogP contribution >= 0.6 is 11.3 Å². The average molecular weight is 291 g/mol. The van der Waals surface area contributed by atoms with E-state index >= 15 is 0 Å². The van der Waals surface area contributed by atoms with Gasteiger partial charge < -0.3 is 14.6 Å². The second-order valence-electron chi connectivity index (χ2n) is 4.46. The first-order valence-corrected chi connectivity index (χ1v) is 6.82. The molecule has 0 saturated carbocycles. The molecule has 8 heteroatoms. The van der Waals surface area contributed by atoms with Crippen molar-refractivity contribution in [1.82, 2.24) is 18.9 Å². The standard InChI is InChI=1S/C12H13N5O2S/c1-15-4-3-13-8(15)7-16(2)10-9(11(18)19)17-5-6-20-12(17)14-10/h3-6H,7H2,1-2H3,(H,18,19). The van der Waals surface area contributed by atoms with Crippen molar-refractivity contribution in [3.63, 3.8) is 0 Å². The summed E-state index contributed by atoms with van der Waals surface area (Å²) in [5, 5.41) is 11.2. The molecule has 0 atom stereocenters. The molecule has 0 fully saturated rings. The number of anilines is 1. The van der Waals surface area contributed by atoms with Gasteiger partial charge in [0.1, 0.15) is 5.82 Å². The molecule has 0 unspecified atom stereocenters. The van der Waals surface area contributed by atoms with Crippen molar-refractivity contribution < 1.29 is 9.90 Å². The minimum Gasteiger partial charge on any atom is -0.476 e. The van der Waals surface area contributed by atoms with Crippen molar-refractivity contribution in [3.05, 3.63) is 35.5 Å². The molecule has 7 nitrogen and oxygen atoms in total. The van der Waals surface area contributed by atoms with E-state index in [-0.39, 0.29) is 5.69 Å². The van der Waals surface area contributed by atoms with E-state index in [1.807, 2.05) is 30.2 Å². The smallest absolute Gasteiger partial charge is 0.356 e. The molecule has 0 amide bonds. The molecule has 1 N–H and O–H groups in total. The van der Waals surface area contributed by atoms with Crippen LogP contribution in [0.3, 0.4) is 0 Å². The Balaban J connectivity index is 2.00. The van der Waals surface area contributed by atoms with E-state index in [4.69, 9.17) is 0 Å². The Hall–Kier alpha value is -2.35. The van der Waals surface area contributed by atoms with Crippen LogP contribution < -0.4 is 4.90 Å². The Kier molecular flexibility index (Phi) is 2.94. The van der Waals surface area contributed by atoms with Gasteiger partial charge in [0.05, 0.1) is 6.54 Å². The normalized spacial score (nSPS) is 11.1. The summed E-state index contributed by atoms with van der Waals surface area (Å²) in [5.41, 5.74) is 0.179. The van der Waals surface area contributed by atoms with Gasteiger partial charge in [0.25, 0.3) is 0 Å². The molecule has 0 aliphatic carbocycles. The van der Waals surface area contributed by atoms with Crippen LogP contribution in [0.4, 0.5) is 5.82 Å². The number of aromatic carboxylic acids is 1. The van der Waals surface area contributed by atoms with Crippen LogP contribution in [0.25, 0.3) is 4.96 Å². The second kappa shape index (κ2) is 4.64. The van der Waals surface area contributed by atoms with E-state index in [0.29, 0.717) is 17.3 Å². The highest BCUT2D eigenvalue weighted by molar-refractivity contribution is 7.15. The monoisotopic (exact) mass is 291 g/mol. The number of carboxylic acids is 1. The number of rotatable bonds is 4. The number of nitrogens with zero attached hydrogens (tertiary/aromatic N) is 5. The molecule has 3 rings (SSSR count). The van der Waals surface area contributed by atoms with Crippen molar-refractivity contribution in [1.29, 1.82) is 0 Å². The van der Waals surface area contributed by atoms with Crippen LogP contribution in [0.1, 0.15) is 16.3 Å². The van der Waals surface area contributed by atoms with Crippen LogP contribution in [0.2, 0.25) is 0 Å². The molecular weight excluding hydrogens is 278 g/mol. The highest BCUT2D eigenvalue weighted by Crippen LogP contribution is 2.24. The van der Waals surface area contributed by atoms with Gasteiger partial charge in [-0.15, -0.1) is 11.3 Å². The van der Waals surface area contributed by atoms with Gasteiger partial charge >= 0.3 is 5.97 Å². The van der Waals surface area contributed by atoms with Gasteiger partial charge in [-0.05, 0) is 0 Å². The highest BCUT2D eigenvalue weighted by atomic mass is 32.1. The molecule has 0 aliphatic rings. The lowest BCUT2D eigenvalue weighted by atomic mass is 10.4. The third-order valence-corrected chi connectivity index (χ3v) is 3.86. The number of aryl methyl sites for hydroxylation is 1. The van der Waals surface area contributed by atoms with Crippen molar-refractivity contribution in [2.45, 2.75) is 6.54 Å². The summed E-state index contributed by atoms with van der Waals surface area (Å²) in [5.74, 6) is 0.310. The Morgan fingerprint density at radius 3 is 2.95 bits per heavy atom. The lowest BCUT2D eigenvalue weighted by molar-refractivity contribution is 0.0690. The summed E-state index contributed by atoms with van der Waals surface area (Å²) in [7, 11) is 3.72. The van der Waals surface area contributed by atoms with Gasteiger partial charge in [-0.3, -0.25) is 4.40 Å². The van der Waals surface area contributed by atoms with Crippen LogP contribution in [0, 0.1) is 0 Å². The Morgan fingerprint density at radius 2 is 2.30 bits per heavy atom. The minimum absolute atomic E-state index is 0.179. The van der Waals surface area contributed by atoms with Crippen molar-refractivity contribution in [2.75, 3.05) is 11.9 Å². The minimum atomic E-state index is -0.988. The average Bonchev–Trinajstić information content (AvgIpc) is 3.04. The largest absolute Gasteiger partial charge is 0.476 e. The quantitative estimate of drug-likeness (QED) is 0.787. The predicted molar refractivity (Wildman–Crippen MR) is 75.3 cm³/mol. The van der Waals surface area contributed by atoms with E-state index in [9.17, 15) is 9.90 Å². The van der Waals surface area contributed by atoms with Gasteiger partial charge in [-0.25, -0.2) is 14.8 Å². The molecular formula is C12H13N5O2S. The van der Waals surface area contributed by atoms with Gasteiger partial charge in [0, 0.05) is 38.1 Å². The number of thiazole rings is 1. The zero-order valence-electron chi connectivity index (χ0n) is 11.0. The summed E-state index contributed by atoms with van der Waals surface area (Å²) in [6.45, 7) is 0.495. The van der Waals surface area contributed by atoms with Gasteiger partial charge in [0.2, 0.25) is 0 Å². The second-order valence-corrected chi connectivity index (χ2v) is 5.33. The first-order chi connectivity index (χ1) is 9.58. The SMILES string of the molecule is CN(Cc1nccn1C)c1nc2sccn2c1C(=O)O. The van der Waals surface area contributed by atoms with E-state index in [1.165, 1.54) is 11.3 Å². The number of carboxylic acid groups (broad SMARTS) is 1. The lowest BCUT2D eigenvalue weighted by Crippen LogP contribution is -2.21. The maximum Gasteiger partial charge on any atom is 0.356 e. The molecule has 0 aromatic carbocycles. The fourth-order valence-corrected chi connectivity index (χ4v) is 2.78. The molecule has 0 saturated heterocycles. The number of hydrogen-bond acceptors (Lipinski definition) is 5. The number of aromatic nitrogens is 4. The molecule has 0 aliphatic heterocycles. The Morgan fingerprint density at radius 1 is 1.50 bits per heavy atom. The summed E-state index contributed by atoms with van der Waals surface area (Å²) >= 11 is 1.41. The summed E-state index contributed by atoms with van der Waals surface area (Å²) in [6, 6.07) is 0. The first kappa shape index (κ1) is 12.7. The number of imidazole rings is 2. The first-order valence-electron chi connectivity index (χ1n) is 5.94. The van der Waals surface area contributed by atoms with E-state index < -0.39 is 5.97 Å². The topological polar surface area (TPSA) is 75.7 Å². The van der Waals surface area contributed by atoms with Gasteiger partial charge in [-0.2, -0.15) is 0 Å². The maximum atomic E-state index is 11.5. The fraction of sp³-hybridized carbons (Fsp3) is 0.250. The fourth-order valence-electron chi connectivity index (χ4n) is 2.08. The highest BCUT2D eigenvalue weighted by Gasteiger charge is 2.22. The van der Waals surface area contributed by atoms with E-state index in [2.05, 4.69) is 9.97 Å². The number of carbonyl (C=O) groups is 1. The number of hydrogen-bond donors (Lipinski definition) is 1. The van der Waals surface area contributed by atoms with Crippen molar-refractivity contribution >= 4 is 28.1 Å².